The van der Waals surface area contributed by atoms with Crippen LogP contribution in [0.2, 0.25) is 0 Å². The van der Waals surface area contributed by atoms with Crippen LogP contribution < -0.4 is 0 Å². The van der Waals surface area contributed by atoms with Crippen LogP contribution in [-0.4, -0.2) is 43.8 Å². The van der Waals surface area contributed by atoms with Gasteiger partial charge >= 0.3 is 5.97 Å². The Balaban J connectivity index is 1.73. The Morgan fingerprint density at radius 3 is 2.46 bits per heavy atom. The number of aliphatic carboxylic acids is 1. The van der Waals surface area contributed by atoms with Crippen LogP contribution in [0.5, 0.6) is 0 Å². The van der Waals surface area contributed by atoms with Gasteiger partial charge in [0.05, 0.1) is 5.69 Å². The maximum Gasteiger partial charge on any atom is 0.331 e. The molecule has 0 aliphatic carbocycles. The summed E-state index contributed by atoms with van der Waals surface area (Å²) in [6, 6.07) is 5.93. The Labute approximate surface area is 142 Å². The quantitative estimate of drug-likeness (QED) is 0.913. The lowest BCUT2D eigenvalue weighted by Crippen LogP contribution is -2.51. The molecule has 6 nitrogen and oxygen atoms in total. The van der Waals surface area contributed by atoms with Crippen LogP contribution in [0.4, 0.5) is 0 Å². The van der Waals surface area contributed by atoms with E-state index in [0.29, 0.717) is 18.8 Å². The van der Waals surface area contributed by atoms with Gasteiger partial charge in [0, 0.05) is 38.2 Å². The molecule has 0 spiro atoms. The summed E-state index contributed by atoms with van der Waals surface area (Å²) in [7, 11) is 0. The van der Waals surface area contributed by atoms with Gasteiger partial charge in [-0.2, -0.15) is 5.10 Å². The summed E-state index contributed by atoms with van der Waals surface area (Å²) in [6.07, 6.45) is 6.53. The van der Waals surface area contributed by atoms with Crippen LogP contribution in [-0.2, 0) is 16.9 Å². The third kappa shape index (κ3) is 3.19. The number of likely N-dealkylation sites (tertiary alicyclic amines) is 1. The van der Waals surface area contributed by atoms with E-state index in [2.05, 4.69) is 28.8 Å². The van der Waals surface area contributed by atoms with Gasteiger partial charge in [0.15, 0.2) is 5.54 Å². The molecule has 0 unspecified atom stereocenters. The summed E-state index contributed by atoms with van der Waals surface area (Å²) in [6.45, 7) is 6.44. The Morgan fingerprint density at radius 2 is 1.92 bits per heavy atom. The molecule has 0 amide bonds. The Bertz CT molecular complexity index is 688. The average Bonchev–Trinajstić information content (AvgIpc) is 3.07. The van der Waals surface area contributed by atoms with Gasteiger partial charge in [-0.25, -0.2) is 4.79 Å². The molecule has 0 radical (unpaired) electrons. The van der Waals surface area contributed by atoms with Crippen LogP contribution in [0.25, 0.3) is 0 Å². The smallest absolute Gasteiger partial charge is 0.331 e. The van der Waals surface area contributed by atoms with Crippen molar-refractivity contribution in [2.75, 3.05) is 13.1 Å². The third-order valence-corrected chi connectivity index (χ3v) is 4.88. The summed E-state index contributed by atoms with van der Waals surface area (Å²) in [5.41, 5.74) is 1.21. The topological polar surface area (TPSA) is 71.2 Å². The molecule has 0 bridgehead atoms. The molecular formula is C18H24N4O2. The van der Waals surface area contributed by atoms with E-state index in [9.17, 15) is 9.90 Å². The van der Waals surface area contributed by atoms with Crippen molar-refractivity contribution in [1.29, 1.82) is 0 Å². The fourth-order valence-electron chi connectivity index (χ4n) is 3.25. The van der Waals surface area contributed by atoms with E-state index in [-0.39, 0.29) is 0 Å². The minimum Gasteiger partial charge on any atom is -0.479 e. The van der Waals surface area contributed by atoms with Crippen molar-refractivity contribution < 1.29 is 9.90 Å². The molecule has 1 N–H and O–H groups in total. The van der Waals surface area contributed by atoms with E-state index in [1.54, 1.807) is 17.1 Å². The van der Waals surface area contributed by atoms with Gasteiger partial charge in [-0.05, 0) is 42.5 Å². The second-order valence-electron chi connectivity index (χ2n) is 6.81. The second-order valence-corrected chi connectivity index (χ2v) is 6.81. The number of carboxylic acid groups (broad SMARTS) is 1. The zero-order chi connectivity index (χ0) is 17.2. The molecule has 128 valence electrons. The number of piperidine rings is 1. The van der Waals surface area contributed by atoms with E-state index in [1.807, 2.05) is 24.4 Å². The fraction of sp³-hybridized carbons (Fsp3) is 0.500. The number of nitrogens with zero attached hydrogens (tertiary/aromatic N) is 4. The number of hydrogen-bond acceptors (Lipinski definition) is 4. The molecule has 6 heteroatoms. The van der Waals surface area contributed by atoms with Gasteiger partial charge in [-0.15, -0.1) is 0 Å². The first-order valence-corrected chi connectivity index (χ1v) is 8.42. The molecule has 2 aromatic rings. The lowest BCUT2D eigenvalue weighted by Gasteiger charge is -2.39. The highest BCUT2D eigenvalue weighted by atomic mass is 16.4. The lowest BCUT2D eigenvalue weighted by atomic mass is 9.87. The number of rotatable bonds is 5. The van der Waals surface area contributed by atoms with Crippen molar-refractivity contribution in [3.8, 4) is 0 Å². The normalized spacial score (nSPS) is 18.0. The predicted molar refractivity (Wildman–Crippen MR) is 90.7 cm³/mol. The minimum absolute atomic E-state index is 0.295. The van der Waals surface area contributed by atoms with Gasteiger partial charge in [0.1, 0.15) is 0 Å². The van der Waals surface area contributed by atoms with Crippen molar-refractivity contribution >= 4 is 5.97 Å². The largest absolute Gasteiger partial charge is 0.479 e. The number of hydrogen-bond donors (Lipinski definition) is 1. The van der Waals surface area contributed by atoms with Crippen LogP contribution in [0, 0.1) is 0 Å². The van der Waals surface area contributed by atoms with Crippen molar-refractivity contribution in [3.63, 3.8) is 0 Å². The van der Waals surface area contributed by atoms with Crippen LogP contribution >= 0.6 is 0 Å². The summed E-state index contributed by atoms with van der Waals surface area (Å²) < 4.78 is 1.68. The van der Waals surface area contributed by atoms with Crippen LogP contribution in [0.15, 0.2) is 36.8 Å². The minimum atomic E-state index is -0.929. The standard InChI is InChI=1S/C18H24N4O2/c1-14(2)16-5-10-22(20-16)18(17(23)24)6-11-21(12-7-18)13-15-3-8-19-9-4-15/h3-5,8-10,14H,6-7,11-13H2,1-2H3,(H,23,24). The molecule has 2 aromatic heterocycles. The maximum atomic E-state index is 12.0. The Kier molecular flexibility index (Phi) is 4.66. The first kappa shape index (κ1) is 16.6. The average molecular weight is 328 g/mol. The lowest BCUT2D eigenvalue weighted by molar-refractivity contribution is -0.151. The third-order valence-electron chi connectivity index (χ3n) is 4.88. The molecular weight excluding hydrogens is 304 g/mol. The summed E-state index contributed by atoms with van der Waals surface area (Å²) in [4.78, 5) is 18.4. The van der Waals surface area contributed by atoms with Crippen molar-refractivity contribution in [2.45, 2.75) is 44.7 Å². The number of pyridine rings is 1. The van der Waals surface area contributed by atoms with Gasteiger partial charge in [-0.1, -0.05) is 13.8 Å². The summed E-state index contributed by atoms with van der Waals surface area (Å²) >= 11 is 0. The fourth-order valence-corrected chi connectivity index (χ4v) is 3.25. The van der Waals surface area contributed by atoms with Crippen molar-refractivity contribution in [2.24, 2.45) is 0 Å². The first-order valence-electron chi connectivity index (χ1n) is 8.42. The molecule has 1 aliphatic rings. The molecule has 1 saturated heterocycles. The number of carboxylic acids is 1. The highest BCUT2D eigenvalue weighted by molar-refractivity contribution is 5.76. The molecule has 1 aliphatic heterocycles. The Hall–Kier alpha value is -2.21. The van der Waals surface area contributed by atoms with Crippen molar-refractivity contribution in [3.05, 3.63) is 48.0 Å². The molecule has 3 heterocycles. The maximum absolute atomic E-state index is 12.0. The predicted octanol–water partition coefficient (Wildman–Crippen LogP) is 2.48. The zero-order valence-electron chi connectivity index (χ0n) is 14.2. The molecule has 1 fully saturated rings. The van der Waals surface area contributed by atoms with Gasteiger partial charge in [0.2, 0.25) is 0 Å². The van der Waals surface area contributed by atoms with E-state index in [0.717, 1.165) is 25.3 Å². The number of carbonyl (C=O) groups is 1. The number of aromatic nitrogens is 3. The van der Waals surface area contributed by atoms with Gasteiger partial charge in [-0.3, -0.25) is 14.6 Å². The van der Waals surface area contributed by atoms with Crippen LogP contribution in [0.3, 0.4) is 0 Å². The molecule has 0 atom stereocenters. The first-order chi connectivity index (χ1) is 11.5. The SMILES string of the molecule is CC(C)c1ccn(C2(C(=O)O)CCN(Cc3ccncc3)CC2)n1. The van der Waals surface area contributed by atoms with E-state index in [4.69, 9.17) is 0 Å². The van der Waals surface area contributed by atoms with E-state index in [1.165, 1.54) is 5.56 Å². The zero-order valence-corrected chi connectivity index (χ0v) is 14.2. The summed E-state index contributed by atoms with van der Waals surface area (Å²) in [5, 5.41) is 14.4. The monoisotopic (exact) mass is 328 g/mol. The highest BCUT2D eigenvalue weighted by Gasteiger charge is 2.44. The molecule has 0 aromatic carbocycles. The van der Waals surface area contributed by atoms with Gasteiger partial charge in [0.25, 0.3) is 0 Å². The highest BCUT2D eigenvalue weighted by Crippen LogP contribution is 2.31. The molecule has 24 heavy (non-hydrogen) atoms. The Morgan fingerprint density at radius 1 is 1.25 bits per heavy atom. The van der Waals surface area contributed by atoms with Crippen LogP contribution in [0.1, 0.15) is 43.9 Å². The van der Waals surface area contributed by atoms with E-state index >= 15 is 0 Å². The summed E-state index contributed by atoms with van der Waals surface area (Å²) in [5.74, 6) is -0.492. The second kappa shape index (κ2) is 6.73. The van der Waals surface area contributed by atoms with Gasteiger partial charge < -0.3 is 5.11 Å². The molecule has 0 saturated carbocycles. The van der Waals surface area contributed by atoms with Crippen molar-refractivity contribution in [1.82, 2.24) is 19.7 Å². The van der Waals surface area contributed by atoms with E-state index < -0.39 is 11.5 Å². The molecule has 3 rings (SSSR count).